The Kier molecular flexibility index (Phi) is 4.84. The molecule has 5 rings (SSSR count). The molecule has 0 N–H and O–H groups in total. The Morgan fingerprint density at radius 3 is 1.43 bits per heavy atom. The van der Waals surface area contributed by atoms with Crippen LogP contribution >= 0.6 is 0 Å². The Bertz CT molecular complexity index is 1280. The Morgan fingerprint density at radius 2 is 0.900 bits per heavy atom. The first kappa shape index (κ1) is 18.0. The smallest absolute Gasteiger partial charge is 0.0820 e. The van der Waals surface area contributed by atoms with E-state index in [0.29, 0.717) is 0 Å². The molecular formula is C27H19N3. The lowest BCUT2D eigenvalue weighted by molar-refractivity contribution is 1.27. The van der Waals surface area contributed by atoms with Gasteiger partial charge in [-0.15, -0.1) is 0 Å². The molecule has 0 saturated heterocycles. The summed E-state index contributed by atoms with van der Waals surface area (Å²) in [7, 11) is 0. The molecule has 142 valence electrons. The third kappa shape index (κ3) is 3.74. The van der Waals surface area contributed by atoms with Crippen LogP contribution in [0.1, 0.15) is 11.4 Å². The zero-order valence-corrected chi connectivity index (χ0v) is 16.3. The normalized spacial score (nSPS) is 11.7. The van der Waals surface area contributed by atoms with Crippen molar-refractivity contribution < 1.29 is 0 Å². The number of hydrogen-bond donors (Lipinski definition) is 0. The number of nitrogens with zero attached hydrogens (tertiary/aromatic N) is 3. The van der Waals surface area contributed by atoms with Crippen molar-refractivity contribution in [3.63, 3.8) is 0 Å². The Labute approximate surface area is 175 Å². The van der Waals surface area contributed by atoms with E-state index in [1.54, 1.807) is 12.4 Å². The van der Waals surface area contributed by atoms with Gasteiger partial charge in [-0.3, -0.25) is 9.98 Å². The summed E-state index contributed by atoms with van der Waals surface area (Å²) in [5.74, 6) is 0. The molecule has 0 radical (unpaired) electrons. The van der Waals surface area contributed by atoms with Crippen LogP contribution in [-0.4, -0.2) is 17.4 Å². The summed E-state index contributed by atoms with van der Waals surface area (Å²) in [4.78, 5) is 14.0. The zero-order valence-electron chi connectivity index (χ0n) is 16.3. The molecule has 0 bridgehead atoms. The molecular weight excluding hydrogens is 366 g/mol. The maximum absolute atomic E-state index is 4.67. The Morgan fingerprint density at radius 1 is 0.467 bits per heavy atom. The average Bonchev–Trinajstić information content (AvgIpc) is 2.81. The minimum atomic E-state index is 0.796. The van der Waals surface area contributed by atoms with Crippen LogP contribution in [0.2, 0.25) is 0 Å². The van der Waals surface area contributed by atoms with E-state index in [-0.39, 0.29) is 0 Å². The van der Waals surface area contributed by atoms with Crippen LogP contribution in [0.5, 0.6) is 0 Å². The third-order valence-electron chi connectivity index (χ3n) is 5.00. The van der Waals surface area contributed by atoms with Crippen LogP contribution in [0.4, 0.5) is 11.4 Å². The van der Waals surface area contributed by atoms with Gasteiger partial charge < -0.3 is 0 Å². The fourth-order valence-electron chi connectivity index (χ4n) is 3.53. The second-order valence-electron chi connectivity index (χ2n) is 7.00. The largest absolute Gasteiger partial charge is 0.254 e. The lowest BCUT2D eigenvalue weighted by atomic mass is 10.1. The number of aliphatic imine (C=N–C) groups is 2. The van der Waals surface area contributed by atoms with Crippen molar-refractivity contribution in [3.8, 4) is 0 Å². The van der Waals surface area contributed by atoms with E-state index < -0.39 is 0 Å². The highest BCUT2D eigenvalue weighted by atomic mass is 14.8. The van der Waals surface area contributed by atoms with E-state index in [4.69, 9.17) is 0 Å². The molecule has 0 saturated carbocycles. The van der Waals surface area contributed by atoms with Gasteiger partial charge in [0.25, 0.3) is 0 Å². The minimum Gasteiger partial charge on any atom is -0.254 e. The van der Waals surface area contributed by atoms with Crippen molar-refractivity contribution in [1.29, 1.82) is 0 Å². The van der Waals surface area contributed by atoms with Gasteiger partial charge >= 0.3 is 0 Å². The fraction of sp³-hybridized carbons (Fsp3) is 0. The lowest BCUT2D eigenvalue weighted by Crippen LogP contribution is -1.93. The standard InChI is InChI=1S/C27H19N3/c1-3-14-24-20(8-1)10-5-16-26(24)28-18-22-12-7-13-23(30-22)19-29-27-17-6-11-21-9-2-4-15-25(21)27/h1-19H. The molecule has 30 heavy (non-hydrogen) atoms. The van der Waals surface area contributed by atoms with Gasteiger partial charge in [-0.05, 0) is 35.0 Å². The molecule has 0 aliphatic carbocycles. The predicted octanol–water partition coefficient (Wildman–Crippen LogP) is 6.89. The first-order chi connectivity index (χ1) is 14.9. The molecule has 4 aromatic carbocycles. The van der Waals surface area contributed by atoms with Gasteiger partial charge in [-0.1, -0.05) is 78.9 Å². The summed E-state index contributed by atoms with van der Waals surface area (Å²) in [6.45, 7) is 0. The minimum absolute atomic E-state index is 0.796. The SMILES string of the molecule is C(=Nc1cccc2ccccc12)c1cccc(C=Nc2cccc3ccccc23)n1. The van der Waals surface area contributed by atoms with Crippen LogP contribution in [0.15, 0.2) is 113 Å². The molecule has 0 amide bonds. The topological polar surface area (TPSA) is 37.6 Å². The second kappa shape index (κ2) is 8.10. The van der Waals surface area contributed by atoms with Crippen LogP contribution in [0.25, 0.3) is 21.5 Å². The molecule has 1 aromatic heterocycles. The molecule has 0 atom stereocenters. The van der Waals surface area contributed by atoms with E-state index >= 15 is 0 Å². The van der Waals surface area contributed by atoms with Gasteiger partial charge in [0.2, 0.25) is 0 Å². The number of aromatic nitrogens is 1. The van der Waals surface area contributed by atoms with Crippen molar-refractivity contribution in [1.82, 2.24) is 4.98 Å². The summed E-state index contributed by atoms with van der Waals surface area (Å²) in [6.07, 6.45) is 3.61. The van der Waals surface area contributed by atoms with Crippen LogP contribution in [0, 0.1) is 0 Å². The van der Waals surface area contributed by atoms with Crippen LogP contribution in [0.3, 0.4) is 0 Å². The summed E-state index contributed by atoms with van der Waals surface area (Å²) in [5.41, 5.74) is 3.46. The van der Waals surface area contributed by atoms with E-state index in [1.165, 1.54) is 10.8 Å². The average molecular weight is 385 g/mol. The highest BCUT2D eigenvalue weighted by Gasteiger charge is 2.00. The van der Waals surface area contributed by atoms with Crippen molar-refractivity contribution in [2.75, 3.05) is 0 Å². The van der Waals surface area contributed by atoms with Gasteiger partial charge in [0.1, 0.15) is 0 Å². The summed E-state index contributed by atoms with van der Waals surface area (Å²) >= 11 is 0. The van der Waals surface area contributed by atoms with Crippen molar-refractivity contribution in [2.24, 2.45) is 9.98 Å². The van der Waals surface area contributed by atoms with Gasteiger partial charge in [0.05, 0.1) is 35.2 Å². The predicted molar refractivity (Wildman–Crippen MR) is 127 cm³/mol. The van der Waals surface area contributed by atoms with E-state index in [0.717, 1.165) is 33.5 Å². The van der Waals surface area contributed by atoms with Gasteiger partial charge in [0.15, 0.2) is 0 Å². The highest BCUT2D eigenvalue weighted by Crippen LogP contribution is 2.26. The number of rotatable bonds is 4. The first-order valence-corrected chi connectivity index (χ1v) is 9.87. The first-order valence-electron chi connectivity index (χ1n) is 9.87. The monoisotopic (exact) mass is 385 g/mol. The highest BCUT2D eigenvalue weighted by molar-refractivity contribution is 5.96. The zero-order chi connectivity index (χ0) is 20.2. The molecule has 0 fully saturated rings. The quantitative estimate of drug-likeness (QED) is 0.310. The molecule has 0 spiro atoms. The maximum atomic E-state index is 4.67. The molecule has 0 aliphatic rings. The Balaban J connectivity index is 1.43. The molecule has 0 aliphatic heterocycles. The van der Waals surface area contributed by atoms with E-state index in [9.17, 15) is 0 Å². The maximum Gasteiger partial charge on any atom is 0.0820 e. The van der Waals surface area contributed by atoms with E-state index in [1.807, 2.05) is 66.7 Å². The van der Waals surface area contributed by atoms with Gasteiger partial charge in [-0.2, -0.15) is 0 Å². The van der Waals surface area contributed by atoms with Gasteiger partial charge in [-0.25, -0.2) is 4.98 Å². The lowest BCUT2D eigenvalue weighted by Gasteiger charge is -2.02. The fourth-order valence-corrected chi connectivity index (χ4v) is 3.53. The van der Waals surface area contributed by atoms with E-state index in [2.05, 4.69) is 51.4 Å². The number of fused-ring (bicyclic) bond motifs is 2. The van der Waals surface area contributed by atoms with Crippen LogP contribution in [-0.2, 0) is 0 Å². The molecule has 1 heterocycles. The Hall–Kier alpha value is -4.11. The number of hydrogen-bond acceptors (Lipinski definition) is 3. The van der Waals surface area contributed by atoms with Crippen molar-refractivity contribution in [2.45, 2.75) is 0 Å². The second-order valence-corrected chi connectivity index (χ2v) is 7.00. The summed E-state index contributed by atoms with van der Waals surface area (Å²) < 4.78 is 0. The van der Waals surface area contributed by atoms with Crippen molar-refractivity contribution >= 4 is 45.3 Å². The summed E-state index contributed by atoms with van der Waals surface area (Å²) in [5, 5.41) is 4.61. The molecule has 5 aromatic rings. The third-order valence-corrected chi connectivity index (χ3v) is 5.00. The number of pyridine rings is 1. The number of benzene rings is 4. The van der Waals surface area contributed by atoms with Crippen LogP contribution < -0.4 is 0 Å². The molecule has 3 nitrogen and oxygen atoms in total. The van der Waals surface area contributed by atoms with Crippen molar-refractivity contribution in [3.05, 3.63) is 115 Å². The molecule has 3 heteroatoms. The molecule has 0 unspecified atom stereocenters. The summed E-state index contributed by atoms with van der Waals surface area (Å²) in [6, 6.07) is 34.6. The van der Waals surface area contributed by atoms with Gasteiger partial charge in [0, 0.05) is 10.8 Å².